The lowest BCUT2D eigenvalue weighted by Crippen LogP contribution is -2.23. The largest absolute Gasteiger partial charge is 0.433 e. The van der Waals surface area contributed by atoms with E-state index in [1.165, 1.54) is 22.9 Å². The van der Waals surface area contributed by atoms with Crippen LogP contribution in [-0.4, -0.2) is 20.7 Å². The molecule has 0 bridgehead atoms. The van der Waals surface area contributed by atoms with Gasteiger partial charge in [-0.2, -0.15) is 5.10 Å². The predicted octanol–water partition coefficient (Wildman–Crippen LogP) is 3.95. The lowest BCUT2D eigenvalue weighted by molar-refractivity contribution is -0.402. The first kappa shape index (κ1) is 19.1. The first-order chi connectivity index (χ1) is 14.5. The van der Waals surface area contributed by atoms with Crippen LogP contribution in [0.5, 0.6) is 0 Å². The zero-order chi connectivity index (χ0) is 21.3. The third kappa shape index (κ3) is 3.44. The lowest BCUT2D eigenvalue weighted by atomic mass is 10.1. The summed E-state index contributed by atoms with van der Waals surface area (Å²) in [5.74, 6) is 0.0212. The van der Waals surface area contributed by atoms with Crippen molar-refractivity contribution in [3.63, 3.8) is 0 Å². The fourth-order valence-corrected chi connectivity index (χ4v) is 3.07. The molecule has 2 aromatic carbocycles. The van der Waals surface area contributed by atoms with Crippen molar-refractivity contribution < 1.29 is 9.34 Å². The van der Waals surface area contributed by atoms with Crippen LogP contribution in [0.15, 0.2) is 68.9 Å². The Labute approximate surface area is 170 Å². The van der Waals surface area contributed by atoms with Gasteiger partial charge in [-0.1, -0.05) is 24.3 Å². The lowest BCUT2D eigenvalue weighted by Gasteiger charge is -2.15. The van der Waals surface area contributed by atoms with Crippen LogP contribution in [0, 0.1) is 24.0 Å². The number of nitro groups is 1. The number of hydrogen-bond acceptors (Lipinski definition) is 7. The van der Waals surface area contributed by atoms with Crippen molar-refractivity contribution in [1.82, 2.24) is 9.55 Å². The molecule has 150 valence electrons. The van der Waals surface area contributed by atoms with E-state index in [2.05, 4.69) is 15.5 Å². The third-order valence-corrected chi connectivity index (χ3v) is 4.74. The fourth-order valence-electron chi connectivity index (χ4n) is 3.07. The van der Waals surface area contributed by atoms with Crippen molar-refractivity contribution in [3.8, 4) is 5.69 Å². The van der Waals surface area contributed by atoms with Crippen molar-refractivity contribution >= 4 is 29.0 Å². The van der Waals surface area contributed by atoms with Gasteiger partial charge in [-0.25, -0.2) is 15.0 Å². The first-order valence-corrected chi connectivity index (χ1v) is 9.07. The normalized spacial score (nSPS) is 11.3. The summed E-state index contributed by atoms with van der Waals surface area (Å²) in [6.45, 7) is 3.90. The molecule has 30 heavy (non-hydrogen) atoms. The third-order valence-electron chi connectivity index (χ3n) is 4.74. The molecule has 0 aliphatic carbocycles. The molecular weight excluding hydrogens is 386 g/mol. The van der Waals surface area contributed by atoms with Gasteiger partial charge in [-0.05, 0) is 49.2 Å². The average molecular weight is 403 g/mol. The molecule has 2 aromatic heterocycles. The van der Waals surface area contributed by atoms with Gasteiger partial charge in [-0.15, -0.1) is 0 Å². The van der Waals surface area contributed by atoms with Gasteiger partial charge in [0.15, 0.2) is 5.76 Å². The minimum absolute atomic E-state index is 0.190. The molecule has 9 heteroatoms. The maximum Gasteiger partial charge on any atom is 0.433 e. The molecule has 0 saturated carbocycles. The van der Waals surface area contributed by atoms with E-state index in [1.54, 1.807) is 24.3 Å². The topological polar surface area (TPSA) is 116 Å². The maximum atomic E-state index is 13.3. The van der Waals surface area contributed by atoms with Crippen LogP contribution in [0.3, 0.4) is 0 Å². The zero-order valence-corrected chi connectivity index (χ0v) is 16.2. The molecule has 0 spiro atoms. The van der Waals surface area contributed by atoms with Crippen LogP contribution < -0.4 is 11.0 Å². The highest BCUT2D eigenvalue weighted by Crippen LogP contribution is 2.21. The highest BCUT2D eigenvalue weighted by Gasteiger charge is 2.15. The summed E-state index contributed by atoms with van der Waals surface area (Å²) in [7, 11) is 0. The van der Waals surface area contributed by atoms with Crippen LogP contribution in [0.1, 0.15) is 16.9 Å². The van der Waals surface area contributed by atoms with Crippen molar-refractivity contribution in [3.05, 3.63) is 92.0 Å². The number of hydrogen-bond donors (Lipinski definition) is 1. The average Bonchev–Trinajstić information content (AvgIpc) is 3.20. The number of anilines is 1. The Morgan fingerprint density at radius 3 is 2.70 bits per heavy atom. The summed E-state index contributed by atoms with van der Waals surface area (Å²) >= 11 is 0. The standard InChI is InChI=1S/C21H17N5O4/c1-13-6-5-9-18(14(13)2)25-20(27)16-7-3-4-8-17(16)23-21(25)24-22-12-15-10-11-19(30-15)26(28)29/h3-12H,1-2H3,(H,23,24)/b22-12-. The number of rotatable bonds is 5. The molecule has 0 amide bonds. The van der Waals surface area contributed by atoms with Gasteiger partial charge in [0.2, 0.25) is 5.95 Å². The number of hydrazone groups is 1. The first-order valence-electron chi connectivity index (χ1n) is 9.07. The van der Waals surface area contributed by atoms with Crippen LogP contribution in [0.2, 0.25) is 0 Å². The highest BCUT2D eigenvalue weighted by molar-refractivity contribution is 5.80. The van der Waals surface area contributed by atoms with E-state index in [-0.39, 0.29) is 23.2 Å². The van der Waals surface area contributed by atoms with Gasteiger partial charge < -0.3 is 4.42 Å². The number of aryl methyl sites for hydroxylation is 1. The van der Waals surface area contributed by atoms with Gasteiger partial charge in [0.1, 0.15) is 4.92 Å². The second kappa shape index (κ2) is 7.63. The molecule has 0 saturated heterocycles. The molecule has 0 atom stereocenters. The van der Waals surface area contributed by atoms with Gasteiger partial charge in [0.05, 0.1) is 28.9 Å². The Bertz CT molecular complexity index is 1350. The van der Waals surface area contributed by atoms with Crippen molar-refractivity contribution in [1.29, 1.82) is 0 Å². The number of benzene rings is 2. The Hall–Kier alpha value is -4.27. The van der Waals surface area contributed by atoms with Crippen LogP contribution in [0.4, 0.5) is 11.8 Å². The zero-order valence-electron chi connectivity index (χ0n) is 16.2. The van der Waals surface area contributed by atoms with Gasteiger partial charge in [0, 0.05) is 0 Å². The van der Waals surface area contributed by atoms with Crippen LogP contribution in [-0.2, 0) is 0 Å². The molecule has 4 rings (SSSR count). The Balaban J connectivity index is 1.81. The molecular formula is C21H17N5O4. The maximum absolute atomic E-state index is 13.3. The number of furan rings is 1. The van der Waals surface area contributed by atoms with Crippen LogP contribution >= 0.6 is 0 Å². The van der Waals surface area contributed by atoms with Crippen molar-refractivity contribution in [2.75, 3.05) is 5.43 Å². The van der Waals surface area contributed by atoms with E-state index in [0.717, 1.165) is 11.1 Å². The van der Waals surface area contributed by atoms with E-state index < -0.39 is 4.92 Å². The minimum atomic E-state index is -0.631. The van der Waals surface area contributed by atoms with Crippen LogP contribution in [0.25, 0.3) is 16.6 Å². The molecule has 0 radical (unpaired) electrons. The van der Waals surface area contributed by atoms with Gasteiger partial charge >= 0.3 is 5.88 Å². The molecule has 9 nitrogen and oxygen atoms in total. The predicted molar refractivity (Wildman–Crippen MR) is 113 cm³/mol. The number of para-hydroxylation sites is 1. The monoisotopic (exact) mass is 403 g/mol. The van der Waals surface area contributed by atoms with E-state index in [4.69, 9.17) is 4.42 Å². The Morgan fingerprint density at radius 2 is 1.93 bits per heavy atom. The number of nitrogens with one attached hydrogen (secondary N) is 1. The molecule has 0 unspecified atom stereocenters. The Kier molecular flexibility index (Phi) is 4.85. The molecule has 2 heterocycles. The molecule has 0 aliphatic rings. The van der Waals surface area contributed by atoms with Crippen molar-refractivity contribution in [2.24, 2.45) is 5.10 Å². The molecule has 0 fully saturated rings. The van der Waals surface area contributed by atoms with E-state index >= 15 is 0 Å². The van der Waals surface area contributed by atoms with E-state index in [9.17, 15) is 14.9 Å². The second-order valence-electron chi connectivity index (χ2n) is 6.62. The fraction of sp³-hybridized carbons (Fsp3) is 0.0952. The van der Waals surface area contributed by atoms with Crippen molar-refractivity contribution in [2.45, 2.75) is 13.8 Å². The smallest absolute Gasteiger partial charge is 0.400 e. The SMILES string of the molecule is Cc1cccc(-n2c(N/N=C\c3ccc([N+](=O)[O-])o3)nc3ccccc3c2=O)c1C. The minimum Gasteiger partial charge on any atom is -0.400 e. The number of aromatic nitrogens is 2. The molecule has 1 N–H and O–H groups in total. The summed E-state index contributed by atoms with van der Waals surface area (Å²) < 4.78 is 6.51. The summed E-state index contributed by atoms with van der Waals surface area (Å²) in [4.78, 5) is 27.9. The molecule has 0 aliphatic heterocycles. The summed E-state index contributed by atoms with van der Waals surface area (Å²) in [5.41, 5.74) is 5.71. The highest BCUT2D eigenvalue weighted by atomic mass is 16.6. The quantitative estimate of drug-likeness (QED) is 0.306. The van der Waals surface area contributed by atoms with E-state index in [1.807, 2.05) is 32.0 Å². The summed E-state index contributed by atoms with van der Waals surface area (Å²) in [6, 6.07) is 15.4. The van der Waals surface area contributed by atoms with Gasteiger partial charge in [0.25, 0.3) is 5.56 Å². The summed E-state index contributed by atoms with van der Waals surface area (Å²) in [5, 5.41) is 15.3. The number of fused-ring (bicyclic) bond motifs is 1. The Morgan fingerprint density at radius 1 is 1.13 bits per heavy atom. The number of nitrogens with zero attached hydrogens (tertiary/aromatic N) is 4. The molecule has 4 aromatic rings. The summed E-state index contributed by atoms with van der Waals surface area (Å²) in [6.07, 6.45) is 1.28. The second-order valence-corrected chi connectivity index (χ2v) is 6.62. The van der Waals surface area contributed by atoms with E-state index in [0.29, 0.717) is 16.6 Å². The van der Waals surface area contributed by atoms with Gasteiger partial charge in [-0.3, -0.25) is 14.9 Å².